The molecule has 0 heterocycles. The van der Waals surface area contributed by atoms with E-state index in [-0.39, 0.29) is 0 Å². The molecule has 0 fully saturated rings. The predicted octanol–water partition coefficient (Wildman–Crippen LogP) is 3.02. The third kappa shape index (κ3) is 7.94. The molecule has 0 spiro atoms. The normalized spacial score (nSPS) is 11.0. The van der Waals surface area contributed by atoms with Crippen molar-refractivity contribution < 1.29 is 4.74 Å². The van der Waals surface area contributed by atoms with Gasteiger partial charge >= 0.3 is 0 Å². The Labute approximate surface area is 105 Å². The average Bonchev–Trinajstić information content (AvgIpc) is 2.33. The molecule has 2 heteroatoms. The molecule has 1 N–H and O–H groups in total. The highest BCUT2D eigenvalue weighted by Gasteiger charge is 1.94. The average molecular weight is 235 g/mol. The summed E-state index contributed by atoms with van der Waals surface area (Å²) >= 11 is 0. The molecule has 0 bridgehead atoms. The van der Waals surface area contributed by atoms with Crippen molar-refractivity contribution in [3.05, 3.63) is 35.9 Å². The Morgan fingerprint density at radius 2 is 1.76 bits per heavy atom. The molecule has 17 heavy (non-hydrogen) atoms. The summed E-state index contributed by atoms with van der Waals surface area (Å²) in [5.41, 5.74) is 1.43. The summed E-state index contributed by atoms with van der Waals surface area (Å²) < 4.78 is 5.48. The van der Waals surface area contributed by atoms with Gasteiger partial charge in [-0.05, 0) is 51.8 Å². The van der Waals surface area contributed by atoms with E-state index < -0.39 is 0 Å². The van der Waals surface area contributed by atoms with E-state index in [4.69, 9.17) is 4.74 Å². The lowest BCUT2D eigenvalue weighted by atomic mass is 10.1. The van der Waals surface area contributed by atoms with Crippen molar-refractivity contribution in [2.75, 3.05) is 19.7 Å². The molecular formula is C15H25NO. The zero-order valence-electron chi connectivity index (χ0n) is 11.1. The molecule has 0 atom stereocenters. The number of rotatable bonds is 9. The topological polar surface area (TPSA) is 21.3 Å². The van der Waals surface area contributed by atoms with Crippen LogP contribution in [0.4, 0.5) is 0 Å². The smallest absolute Gasteiger partial charge is 0.0518 e. The highest BCUT2D eigenvalue weighted by Crippen LogP contribution is 2.01. The molecule has 0 amide bonds. The third-order valence-corrected chi connectivity index (χ3v) is 2.61. The van der Waals surface area contributed by atoms with Crippen LogP contribution >= 0.6 is 0 Å². The number of nitrogens with one attached hydrogen (secondary N) is 1. The van der Waals surface area contributed by atoms with E-state index in [0.29, 0.717) is 6.10 Å². The number of hydrogen-bond donors (Lipinski definition) is 1. The van der Waals surface area contributed by atoms with Crippen LogP contribution in [0.2, 0.25) is 0 Å². The molecule has 1 aromatic carbocycles. The molecule has 0 aliphatic carbocycles. The van der Waals surface area contributed by atoms with Crippen LogP contribution in [0.5, 0.6) is 0 Å². The molecule has 1 aromatic rings. The minimum atomic E-state index is 0.355. The maximum absolute atomic E-state index is 5.48. The van der Waals surface area contributed by atoms with E-state index in [9.17, 15) is 0 Å². The number of aryl methyl sites for hydroxylation is 1. The van der Waals surface area contributed by atoms with Crippen molar-refractivity contribution in [1.29, 1.82) is 0 Å². The zero-order chi connectivity index (χ0) is 12.3. The van der Waals surface area contributed by atoms with Gasteiger partial charge in [-0.1, -0.05) is 30.3 Å². The van der Waals surface area contributed by atoms with Crippen LogP contribution < -0.4 is 5.32 Å². The van der Waals surface area contributed by atoms with Crippen molar-refractivity contribution in [3.63, 3.8) is 0 Å². The van der Waals surface area contributed by atoms with Crippen LogP contribution in [0.3, 0.4) is 0 Å². The van der Waals surface area contributed by atoms with Gasteiger partial charge in [0.25, 0.3) is 0 Å². The van der Waals surface area contributed by atoms with E-state index in [1.54, 1.807) is 0 Å². The molecule has 96 valence electrons. The Balaban J connectivity index is 1.88. The molecule has 0 saturated heterocycles. The first-order chi connectivity index (χ1) is 8.29. The standard InChI is InChI=1S/C15H25NO/c1-14(2)17-13-7-12-16-11-6-10-15-8-4-3-5-9-15/h3-5,8-9,14,16H,6-7,10-13H2,1-2H3. The minimum absolute atomic E-state index is 0.355. The Morgan fingerprint density at radius 3 is 2.47 bits per heavy atom. The number of benzene rings is 1. The van der Waals surface area contributed by atoms with Crippen LogP contribution in [0.15, 0.2) is 30.3 Å². The quantitative estimate of drug-likeness (QED) is 0.664. The van der Waals surface area contributed by atoms with E-state index in [1.165, 1.54) is 12.0 Å². The second-order valence-corrected chi connectivity index (χ2v) is 4.61. The molecular weight excluding hydrogens is 210 g/mol. The number of ether oxygens (including phenoxy) is 1. The molecule has 0 radical (unpaired) electrons. The summed E-state index contributed by atoms with van der Waals surface area (Å²) in [6, 6.07) is 10.7. The van der Waals surface area contributed by atoms with Gasteiger partial charge in [0, 0.05) is 6.61 Å². The van der Waals surface area contributed by atoms with Crippen LogP contribution in [0.1, 0.15) is 32.3 Å². The Bertz CT molecular complexity index is 272. The lowest BCUT2D eigenvalue weighted by Gasteiger charge is -2.08. The molecule has 0 aliphatic heterocycles. The SMILES string of the molecule is CC(C)OCCCNCCCc1ccccc1. The Kier molecular flexibility index (Phi) is 7.69. The first-order valence-corrected chi connectivity index (χ1v) is 6.65. The van der Waals surface area contributed by atoms with Crippen LogP contribution in [-0.2, 0) is 11.2 Å². The summed E-state index contributed by atoms with van der Waals surface area (Å²) in [4.78, 5) is 0. The van der Waals surface area contributed by atoms with E-state index in [1.807, 2.05) is 0 Å². The van der Waals surface area contributed by atoms with Crippen molar-refractivity contribution >= 4 is 0 Å². The van der Waals surface area contributed by atoms with E-state index in [2.05, 4.69) is 49.5 Å². The van der Waals surface area contributed by atoms with Gasteiger partial charge in [-0.25, -0.2) is 0 Å². The molecule has 0 aliphatic rings. The zero-order valence-corrected chi connectivity index (χ0v) is 11.1. The highest BCUT2D eigenvalue weighted by molar-refractivity contribution is 5.14. The minimum Gasteiger partial charge on any atom is -0.379 e. The van der Waals surface area contributed by atoms with Gasteiger partial charge in [0.1, 0.15) is 0 Å². The molecule has 0 saturated carbocycles. The maximum atomic E-state index is 5.48. The first kappa shape index (κ1) is 14.2. The van der Waals surface area contributed by atoms with Gasteiger partial charge < -0.3 is 10.1 Å². The Hall–Kier alpha value is -0.860. The maximum Gasteiger partial charge on any atom is 0.0518 e. The molecule has 0 unspecified atom stereocenters. The fraction of sp³-hybridized carbons (Fsp3) is 0.600. The highest BCUT2D eigenvalue weighted by atomic mass is 16.5. The second kappa shape index (κ2) is 9.20. The van der Waals surface area contributed by atoms with Crippen molar-refractivity contribution in [2.45, 2.75) is 39.2 Å². The van der Waals surface area contributed by atoms with Gasteiger partial charge in [0.15, 0.2) is 0 Å². The monoisotopic (exact) mass is 235 g/mol. The van der Waals surface area contributed by atoms with Crippen molar-refractivity contribution in [1.82, 2.24) is 5.32 Å². The second-order valence-electron chi connectivity index (χ2n) is 4.61. The predicted molar refractivity (Wildman–Crippen MR) is 73.3 cm³/mol. The fourth-order valence-corrected chi connectivity index (χ4v) is 1.70. The van der Waals surface area contributed by atoms with Crippen LogP contribution in [0.25, 0.3) is 0 Å². The number of hydrogen-bond acceptors (Lipinski definition) is 2. The summed E-state index contributed by atoms with van der Waals surface area (Å²) in [7, 11) is 0. The Morgan fingerprint density at radius 1 is 1.06 bits per heavy atom. The molecule has 2 nitrogen and oxygen atoms in total. The van der Waals surface area contributed by atoms with Gasteiger partial charge in [-0.3, -0.25) is 0 Å². The fourth-order valence-electron chi connectivity index (χ4n) is 1.70. The summed E-state index contributed by atoms with van der Waals surface area (Å²) in [6.07, 6.45) is 3.82. The van der Waals surface area contributed by atoms with Gasteiger partial charge in [-0.15, -0.1) is 0 Å². The van der Waals surface area contributed by atoms with Crippen molar-refractivity contribution in [2.24, 2.45) is 0 Å². The van der Waals surface area contributed by atoms with Gasteiger partial charge in [0.2, 0.25) is 0 Å². The largest absolute Gasteiger partial charge is 0.379 e. The third-order valence-electron chi connectivity index (χ3n) is 2.61. The summed E-state index contributed by atoms with van der Waals surface area (Å²) in [5.74, 6) is 0. The van der Waals surface area contributed by atoms with Crippen molar-refractivity contribution in [3.8, 4) is 0 Å². The molecule has 0 aromatic heterocycles. The summed E-state index contributed by atoms with van der Waals surface area (Å²) in [5, 5.41) is 3.45. The lowest BCUT2D eigenvalue weighted by molar-refractivity contribution is 0.0771. The van der Waals surface area contributed by atoms with E-state index in [0.717, 1.165) is 32.5 Å². The van der Waals surface area contributed by atoms with E-state index >= 15 is 0 Å². The summed E-state index contributed by atoms with van der Waals surface area (Å²) in [6.45, 7) is 7.17. The lowest BCUT2D eigenvalue weighted by Crippen LogP contribution is -2.19. The molecule has 1 rings (SSSR count). The first-order valence-electron chi connectivity index (χ1n) is 6.65. The van der Waals surface area contributed by atoms with Gasteiger partial charge in [-0.2, -0.15) is 0 Å². The van der Waals surface area contributed by atoms with Crippen LogP contribution in [-0.4, -0.2) is 25.8 Å². The van der Waals surface area contributed by atoms with Crippen LogP contribution in [0, 0.1) is 0 Å². The van der Waals surface area contributed by atoms with Gasteiger partial charge in [0.05, 0.1) is 6.10 Å².